The summed E-state index contributed by atoms with van der Waals surface area (Å²) in [5, 5.41) is 15.6. The summed E-state index contributed by atoms with van der Waals surface area (Å²) in [6.07, 6.45) is 2.82. The first-order valence-electron chi connectivity index (χ1n) is 9.17. The minimum atomic E-state index is -2.86. The molecule has 8 heteroatoms. The number of hydrogen-bond donors (Lipinski definition) is 3. The van der Waals surface area contributed by atoms with E-state index in [1.54, 1.807) is 18.2 Å². The summed E-state index contributed by atoms with van der Waals surface area (Å²) in [5.74, 6) is 1.14. The van der Waals surface area contributed by atoms with E-state index in [1.165, 1.54) is 0 Å². The molecule has 0 spiro atoms. The van der Waals surface area contributed by atoms with Gasteiger partial charge in [0.15, 0.2) is 5.96 Å². The Labute approximate surface area is 178 Å². The number of alkyl halides is 2. The maximum atomic E-state index is 12.6. The number of guanidine groups is 1. The first kappa shape index (κ1) is 25.8. The number of rotatable bonds is 11. The van der Waals surface area contributed by atoms with Crippen molar-refractivity contribution in [2.24, 2.45) is 10.9 Å². The molecule has 1 atom stereocenters. The Morgan fingerprint density at radius 1 is 1.22 bits per heavy atom. The molecule has 1 unspecified atom stereocenters. The Morgan fingerprint density at radius 3 is 2.56 bits per heavy atom. The molecule has 0 aromatic heterocycles. The first-order valence-corrected chi connectivity index (χ1v) is 9.17. The molecular weight excluding hydrogens is 467 g/mol. The van der Waals surface area contributed by atoms with Crippen molar-refractivity contribution in [3.05, 3.63) is 29.3 Å². The lowest BCUT2D eigenvalue weighted by molar-refractivity contribution is -0.0504. The van der Waals surface area contributed by atoms with Crippen LogP contribution >= 0.6 is 24.0 Å². The molecule has 0 fully saturated rings. The molecule has 0 heterocycles. The largest absolute Gasteiger partial charge is 0.434 e. The molecule has 156 valence electrons. The highest BCUT2D eigenvalue weighted by atomic mass is 127. The number of benzene rings is 1. The van der Waals surface area contributed by atoms with Crippen LogP contribution in [0.5, 0.6) is 5.75 Å². The highest BCUT2D eigenvalue weighted by Crippen LogP contribution is 2.23. The van der Waals surface area contributed by atoms with Crippen molar-refractivity contribution in [3.63, 3.8) is 0 Å². The van der Waals surface area contributed by atoms with Gasteiger partial charge in [-0.2, -0.15) is 8.78 Å². The van der Waals surface area contributed by atoms with Crippen LogP contribution < -0.4 is 15.4 Å². The standard InChI is InChI=1S/C19H31F2N3O2.HI/c1-4-6-15(9-10-25)12-23-19(22-5-2)24-13-16-11-14(3)7-8-17(16)26-18(20)21;/h7-8,11,15,18,25H,4-6,9-10,12-13H2,1-3H3,(H2,22,23,24);1H. The number of aliphatic hydroxyl groups is 1. The molecule has 0 bridgehead atoms. The first-order chi connectivity index (χ1) is 12.5. The fraction of sp³-hybridized carbons (Fsp3) is 0.632. The lowest BCUT2D eigenvalue weighted by Gasteiger charge is -2.18. The summed E-state index contributed by atoms with van der Waals surface area (Å²) >= 11 is 0. The molecule has 0 saturated carbocycles. The Balaban J connectivity index is 0.00000676. The predicted octanol–water partition coefficient (Wildman–Crippen LogP) is 4.07. The van der Waals surface area contributed by atoms with Crippen LogP contribution in [0.4, 0.5) is 8.78 Å². The number of ether oxygens (including phenoxy) is 1. The zero-order chi connectivity index (χ0) is 19.4. The molecule has 0 amide bonds. The summed E-state index contributed by atoms with van der Waals surface area (Å²) in [5.41, 5.74) is 1.57. The van der Waals surface area contributed by atoms with E-state index >= 15 is 0 Å². The van der Waals surface area contributed by atoms with Gasteiger partial charge in [-0.15, -0.1) is 24.0 Å². The van der Waals surface area contributed by atoms with E-state index in [9.17, 15) is 8.78 Å². The quantitative estimate of drug-likeness (QED) is 0.244. The molecular formula is C19H32F2IN3O2. The second-order valence-corrected chi connectivity index (χ2v) is 6.23. The third-order valence-electron chi connectivity index (χ3n) is 3.98. The molecule has 1 rings (SSSR count). The van der Waals surface area contributed by atoms with Crippen LogP contribution in [0.25, 0.3) is 0 Å². The molecule has 0 saturated heterocycles. The van der Waals surface area contributed by atoms with Gasteiger partial charge < -0.3 is 20.5 Å². The van der Waals surface area contributed by atoms with Crippen LogP contribution in [-0.2, 0) is 6.54 Å². The zero-order valence-electron chi connectivity index (χ0n) is 16.3. The fourth-order valence-corrected chi connectivity index (χ4v) is 2.73. The van der Waals surface area contributed by atoms with E-state index in [2.05, 4.69) is 27.3 Å². The van der Waals surface area contributed by atoms with E-state index in [4.69, 9.17) is 5.11 Å². The average Bonchev–Trinajstić information content (AvgIpc) is 2.59. The van der Waals surface area contributed by atoms with Crippen molar-refractivity contribution < 1.29 is 18.6 Å². The summed E-state index contributed by atoms with van der Waals surface area (Å²) in [6, 6.07) is 5.08. The van der Waals surface area contributed by atoms with Crippen LogP contribution in [0, 0.1) is 12.8 Å². The van der Waals surface area contributed by atoms with E-state index in [0.29, 0.717) is 30.5 Å². The zero-order valence-corrected chi connectivity index (χ0v) is 18.6. The van der Waals surface area contributed by atoms with Gasteiger partial charge in [0.2, 0.25) is 0 Å². The summed E-state index contributed by atoms with van der Waals surface area (Å²) in [4.78, 5) is 4.49. The van der Waals surface area contributed by atoms with Crippen LogP contribution in [-0.4, -0.2) is 37.4 Å². The highest BCUT2D eigenvalue weighted by Gasteiger charge is 2.11. The van der Waals surface area contributed by atoms with Crippen LogP contribution in [0.3, 0.4) is 0 Å². The minimum absolute atomic E-state index is 0. The van der Waals surface area contributed by atoms with Gasteiger partial charge in [-0.05, 0) is 38.7 Å². The van der Waals surface area contributed by atoms with Crippen LogP contribution in [0.2, 0.25) is 0 Å². The number of halogens is 3. The van der Waals surface area contributed by atoms with Crippen molar-refractivity contribution in [1.29, 1.82) is 0 Å². The molecule has 1 aromatic rings. The average molecular weight is 499 g/mol. The van der Waals surface area contributed by atoms with Gasteiger partial charge in [-0.3, -0.25) is 0 Å². The normalized spacial score (nSPS) is 12.5. The van der Waals surface area contributed by atoms with Gasteiger partial charge in [0.05, 0.1) is 6.54 Å². The second kappa shape index (κ2) is 14.8. The third kappa shape index (κ3) is 10.7. The maximum Gasteiger partial charge on any atom is 0.387 e. The second-order valence-electron chi connectivity index (χ2n) is 6.23. The Hall–Kier alpha value is -1.16. The molecule has 0 aliphatic rings. The van der Waals surface area contributed by atoms with E-state index < -0.39 is 6.61 Å². The number of aliphatic imine (C=N–C) groups is 1. The molecule has 3 N–H and O–H groups in total. The SMILES string of the molecule is CCCC(CCO)CNC(=NCc1cc(C)ccc1OC(F)F)NCC.I. The van der Waals surface area contributed by atoms with Crippen molar-refractivity contribution in [1.82, 2.24) is 10.6 Å². The van der Waals surface area contributed by atoms with Crippen molar-refractivity contribution in [3.8, 4) is 5.75 Å². The van der Waals surface area contributed by atoms with E-state index in [0.717, 1.165) is 24.8 Å². The highest BCUT2D eigenvalue weighted by molar-refractivity contribution is 14.0. The summed E-state index contributed by atoms with van der Waals surface area (Å²) in [7, 11) is 0. The summed E-state index contributed by atoms with van der Waals surface area (Å²) < 4.78 is 29.7. The lowest BCUT2D eigenvalue weighted by atomic mass is 10.0. The number of nitrogens with one attached hydrogen (secondary N) is 2. The Kier molecular flexibility index (Phi) is 14.2. The fourth-order valence-electron chi connectivity index (χ4n) is 2.73. The maximum absolute atomic E-state index is 12.6. The molecule has 0 radical (unpaired) electrons. The van der Waals surface area contributed by atoms with Crippen LogP contribution in [0.1, 0.15) is 44.2 Å². The predicted molar refractivity (Wildman–Crippen MR) is 116 cm³/mol. The molecule has 27 heavy (non-hydrogen) atoms. The van der Waals surface area contributed by atoms with Gasteiger partial charge in [-0.25, -0.2) is 4.99 Å². The van der Waals surface area contributed by atoms with Gasteiger partial charge >= 0.3 is 6.61 Å². The summed E-state index contributed by atoms with van der Waals surface area (Å²) in [6.45, 7) is 4.91. The number of hydrogen-bond acceptors (Lipinski definition) is 3. The molecule has 5 nitrogen and oxygen atoms in total. The molecule has 0 aliphatic heterocycles. The molecule has 0 aliphatic carbocycles. The van der Waals surface area contributed by atoms with Gasteiger partial charge in [0.25, 0.3) is 0 Å². The van der Waals surface area contributed by atoms with Gasteiger partial charge in [0.1, 0.15) is 5.75 Å². The van der Waals surface area contributed by atoms with Crippen LogP contribution in [0.15, 0.2) is 23.2 Å². The van der Waals surface area contributed by atoms with E-state index in [1.807, 2.05) is 13.8 Å². The van der Waals surface area contributed by atoms with Gasteiger partial charge in [-0.1, -0.05) is 31.0 Å². The minimum Gasteiger partial charge on any atom is -0.434 e. The number of aliphatic hydroxyl groups excluding tert-OH is 1. The smallest absolute Gasteiger partial charge is 0.387 e. The molecule has 1 aromatic carbocycles. The van der Waals surface area contributed by atoms with E-state index in [-0.39, 0.29) is 42.9 Å². The Bertz CT molecular complexity index is 554. The Morgan fingerprint density at radius 2 is 1.96 bits per heavy atom. The topological polar surface area (TPSA) is 65.9 Å². The third-order valence-corrected chi connectivity index (χ3v) is 3.98. The van der Waals surface area contributed by atoms with Crippen molar-refractivity contribution in [2.75, 3.05) is 19.7 Å². The van der Waals surface area contributed by atoms with Crippen molar-refractivity contribution in [2.45, 2.75) is 53.2 Å². The lowest BCUT2D eigenvalue weighted by Crippen LogP contribution is -2.40. The van der Waals surface area contributed by atoms with Crippen molar-refractivity contribution >= 4 is 29.9 Å². The monoisotopic (exact) mass is 499 g/mol. The number of nitrogens with zero attached hydrogens (tertiary/aromatic N) is 1. The number of aryl methyl sites for hydroxylation is 1. The van der Waals surface area contributed by atoms with Gasteiger partial charge in [0, 0.05) is 25.3 Å².